The van der Waals surface area contributed by atoms with Crippen molar-refractivity contribution in [3.8, 4) is 0 Å². The number of nitrogens with one attached hydrogen (secondary N) is 2. The van der Waals surface area contributed by atoms with Crippen molar-refractivity contribution in [1.29, 1.82) is 5.41 Å². The molecule has 0 atom stereocenters. The first-order valence-electron chi connectivity index (χ1n) is 6.42. The third kappa shape index (κ3) is 3.67. The lowest BCUT2D eigenvalue weighted by molar-refractivity contribution is 0.158. The van der Waals surface area contributed by atoms with E-state index in [2.05, 4.69) is 5.32 Å². The smallest absolute Gasteiger partial charge is 0.322 e. The van der Waals surface area contributed by atoms with Crippen LogP contribution in [-0.2, 0) is 0 Å². The van der Waals surface area contributed by atoms with Crippen LogP contribution in [0.1, 0.15) is 0 Å². The minimum atomic E-state index is -0.448. The molecule has 0 aromatic heterocycles. The molecule has 1 saturated heterocycles. The first-order chi connectivity index (χ1) is 9.56. The summed E-state index contributed by atoms with van der Waals surface area (Å²) in [6.45, 7) is 2.80. The number of piperazine rings is 1. The molecule has 2 rings (SSSR count). The van der Waals surface area contributed by atoms with Crippen LogP contribution in [0.4, 0.5) is 14.9 Å². The van der Waals surface area contributed by atoms with Crippen LogP contribution in [0.15, 0.2) is 24.3 Å². The molecule has 1 aromatic carbocycles. The van der Waals surface area contributed by atoms with Crippen LogP contribution < -0.4 is 11.1 Å². The third-order valence-corrected chi connectivity index (χ3v) is 3.17. The number of anilines is 1. The Morgan fingerprint density at radius 3 is 2.55 bits per heavy atom. The van der Waals surface area contributed by atoms with Gasteiger partial charge in [0.05, 0.1) is 12.2 Å². The van der Waals surface area contributed by atoms with Gasteiger partial charge in [-0.05, 0) is 12.1 Å². The minimum absolute atomic E-state index is 0.120. The van der Waals surface area contributed by atoms with Crippen molar-refractivity contribution in [2.24, 2.45) is 5.73 Å². The molecule has 1 heterocycles. The molecule has 0 bridgehead atoms. The highest BCUT2D eigenvalue weighted by Gasteiger charge is 2.21. The second kappa shape index (κ2) is 6.33. The van der Waals surface area contributed by atoms with E-state index in [0.717, 1.165) is 0 Å². The maximum atomic E-state index is 13.4. The Morgan fingerprint density at radius 2 is 1.95 bits per heavy atom. The van der Waals surface area contributed by atoms with Gasteiger partial charge in [0.1, 0.15) is 11.7 Å². The number of carbonyl (C=O) groups is 1. The van der Waals surface area contributed by atoms with E-state index >= 15 is 0 Å². The van der Waals surface area contributed by atoms with E-state index in [1.165, 1.54) is 12.1 Å². The average Bonchev–Trinajstić information content (AvgIpc) is 2.41. The molecule has 0 spiro atoms. The summed E-state index contributed by atoms with van der Waals surface area (Å²) in [7, 11) is 0. The fourth-order valence-corrected chi connectivity index (χ4v) is 2.11. The standard InChI is InChI=1S/C13H18FN5O/c14-10-3-1-2-4-11(10)17-13(20)19-7-5-18(6-8-19)9-12(15)16/h1-4H,5-9H2,(H3,15,16)(H,17,20). The quantitative estimate of drug-likeness (QED) is 0.568. The summed E-state index contributed by atoms with van der Waals surface area (Å²) < 4.78 is 13.4. The lowest BCUT2D eigenvalue weighted by atomic mass is 10.3. The van der Waals surface area contributed by atoms with Crippen molar-refractivity contribution < 1.29 is 9.18 Å². The Balaban J connectivity index is 1.86. The first kappa shape index (κ1) is 14.3. The van der Waals surface area contributed by atoms with E-state index < -0.39 is 5.82 Å². The summed E-state index contributed by atoms with van der Waals surface area (Å²) in [6.07, 6.45) is 0. The molecule has 0 radical (unpaired) electrons. The zero-order valence-corrected chi connectivity index (χ0v) is 11.1. The summed E-state index contributed by atoms with van der Waals surface area (Å²) in [4.78, 5) is 15.6. The van der Waals surface area contributed by atoms with E-state index in [-0.39, 0.29) is 17.6 Å². The largest absolute Gasteiger partial charge is 0.387 e. The molecule has 0 aliphatic carbocycles. The van der Waals surface area contributed by atoms with E-state index in [0.29, 0.717) is 32.7 Å². The molecular formula is C13H18FN5O. The molecule has 1 aromatic rings. The normalized spacial score (nSPS) is 15.9. The van der Waals surface area contributed by atoms with Crippen LogP contribution in [0.5, 0.6) is 0 Å². The van der Waals surface area contributed by atoms with E-state index in [4.69, 9.17) is 11.1 Å². The van der Waals surface area contributed by atoms with E-state index in [1.807, 2.05) is 4.90 Å². The predicted molar refractivity (Wildman–Crippen MR) is 75.3 cm³/mol. The summed E-state index contributed by atoms with van der Waals surface area (Å²) in [5.74, 6) is -0.328. The number of nitrogens with zero attached hydrogens (tertiary/aromatic N) is 2. The Morgan fingerprint density at radius 1 is 1.30 bits per heavy atom. The number of benzene rings is 1. The highest BCUT2D eigenvalue weighted by atomic mass is 19.1. The molecule has 7 heteroatoms. The Hall–Kier alpha value is -2.15. The molecule has 20 heavy (non-hydrogen) atoms. The van der Waals surface area contributed by atoms with Gasteiger partial charge in [0.2, 0.25) is 0 Å². The van der Waals surface area contributed by atoms with Gasteiger partial charge in [-0.25, -0.2) is 9.18 Å². The second-order valence-electron chi connectivity index (χ2n) is 4.70. The molecule has 2 amide bonds. The van der Waals surface area contributed by atoms with Gasteiger partial charge in [0, 0.05) is 26.2 Å². The highest BCUT2D eigenvalue weighted by molar-refractivity contribution is 5.89. The predicted octanol–water partition coefficient (Wildman–Crippen LogP) is 0.911. The summed E-state index contributed by atoms with van der Waals surface area (Å²) in [6, 6.07) is 5.77. The molecule has 0 saturated carbocycles. The van der Waals surface area contributed by atoms with Gasteiger partial charge in [0.25, 0.3) is 0 Å². The van der Waals surface area contributed by atoms with Crippen molar-refractivity contribution in [3.05, 3.63) is 30.1 Å². The van der Waals surface area contributed by atoms with Crippen LogP contribution in [0, 0.1) is 11.2 Å². The first-order valence-corrected chi connectivity index (χ1v) is 6.42. The van der Waals surface area contributed by atoms with Gasteiger partial charge in [-0.3, -0.25) is 10.3 Å². The number of para-hydroxylation sites is 1. The number of rotatable bonds is 3. The molecule has 1 fully saturated rings. The van der Waals surface area contributed by atoms with Crippen LogP contribution in [0.2, 0.25) is 0 Å². The number of nitrogens with two attached hydrogens (primary N) is 1. The Labute approximate surface area is 116 Å². The van der Waals surface area contributed by atoms with Gasteiger partial charge in [-0.15, -0.1) is 0 Å². The topological polar surface area (TPSA) is 85.5 Å². The third-order valence-electron chi connectivity index (χ3n) is 3.17. The van der Waals surface area contributed by atoms with Crippen LogP contribution in [0.25, 0.3) is 0 Å². The van der Waals surface area contributed by atoms with Gasteiger partial charge in [-0.2, -0.15) is 0 Å². The van der Waals surface area contributed by atoms with Gasteiger partial charge >= 0.3 is 6.03 Å². The van der Waals surface area contributed by atoms with Crippen LogP contribution in [-0.4, -0.2) is 54.4 Å². The monoisotopic (exact) mass is 279 g/mol. The summed E-state index contributed by atoms with van der Waals surface area (Å²) >= 11 is 0. The van der Waals surface area contributed by atoms with Gasteiger partial charge in [0.15, 0.2) is 0 Å². The fourth-order valence-electron chi connectivity index (χ4n) is 2.11. The maximum absolute atomic E-state index is 13.4. The van der Waals surface area contributed by atoms with Gasteiger partial charge < -0.3 is 16.0 Å². The molecule has 4 N–H and O–H groups in total. The second-order valence-corrected chi connectivity index (χ2v) is 4.70. The fraction of sp³-hybridized carbons (Fsp3) is 0.385. The number of amides is 2. The number of amidine groups is 1. The average molecular weight is 279 g/mol. The number of hydrogen-bond acceptors (Lipinski definition) is 3. The minimum Gasteiger partial charge on any atom is -0.387 e. The summed E-state index contributed by atoms with van der Waals surface area (Å²) in [5.41, 5.74) is 5.53. The van der Waals surface area contributed by atoms with Crippen LogP contribution >= 0.6 is 0 Å². The zero-order chi connectivity index (χ0) is 14.5. The Kier molecular flexibility index (Phi) is 4.52. The number of carbonyl (C=O) groups excluding carboxylic acids is 1. The molecule has 108 valence electrons. The SMILES string of the molecule is N=C(N)CN1CCN(C(=O)Nc2ccccc2F)CC1. The van der Waals surface area contributed by atoms with Crippen molar-refractivity contribution in [2.75, 3.05) is 38.0 Å². The Bertz CT molecular complexity index is 499. The van der Waals surface area contributed by atoms with Crippen LogP contribution in [0.3, 0.4) is 0 Å². The molecule has 1 aliphatic heterocycles. The molecule has 0 unspecified atom stereocenters. The number of hydrogen-bond donors (Lipinski definition) is 3. The van der Waals surface area contributed by atoms with Crippen molar-refractivity contribution in [3.63, 3.8) is 0 Å². The van der Waals surface area contributed by atoms with Crippen molar-refractivity contribution in [2.45, 2.75) is 0 Å². The highest BCUT2D eigenvalue weighted by Crippen LogP contribution is 2.13. The zero-order valence-electron chi connectivity index (χ0n) is 11.1. The van der Waals surface area contributed by atoms with E-state index in [9.17, 15) is 9.18 Å². The molecular weight excluding hydrogens is 261 g/mol. The number of urea groups is 1. The lowest BCUT2D eigenvalue weighted by Crippen LogP contribution is -2.51. The maximum Gasteiger partial charge on any atom is 0.322 e. The lowest BCUT2D eigenvalue weighted by Gasteiger charge is -2.34. The van der Waals surface area contributed by atoms with Crippen molar-refractivity contribution in [1.82, 2.24) is 9.80 Å². The van der Waals surface area contributed by atoms with Gasteiger partial charge in [-0.1, -0.05) is 12.1 Å². The van der Waals surface area contributed by atoms with Crippen molar-refractivity contribution >= 4 is 17.6 Å². The summed E-state index contributed by atoms with van der Waals surface area (Å²) in [5, 5.41) is 9.80. The number of halogens is 1. The molecule has 6 nitrogen and oxygen atoms in total. The molecule has 1 aliphatic rings. The van der Waals surface area contributed by atoms with E-state index in [1.54, 1.807) is 17.0 Å².